The molecule has 0 saturated carbocycles. The van der Waals surface area contributed by atoms with Crippen LogP contribution in [0, 0.1) is 0 Å². The third kappa shape index (κ3) is 5.43. The lowest BCUT2D eigenvalue weighted by Gasteiger charge is -2.09. The normalized spacial score (nSPS) is 11.6. The smallest absolute Gasteiger partial charge is 0.416 e. The first kappa shape index (κ1) is 14.9. The van der Waals surface area contributed by atoms with Crippen LogP contribution in [0.4, 0.5) is 13.2 Å². The van der Waals surface area contributed by atoms with Gasteiger partial charge in [0, 0.05) is 0 Å². The average Bonchev–Trinajstić information content (AvgIpc) is 2.33. The Kier molecular flexibility index (Phi) is 6.02. The van der Waals surface area contributed by atoms with Crippen LogP contribution in [0.1, 0.15) is 44.6 Å². The van der Waals surface area contributed by atoms with Crippen LogP contribution in [0.5, 0.6) is 5.75 Å². The van der Waals surface area contributed by atoms with Gasteiger partial charge in [0.15, 0.2) is 0 Å². The Morgan fingerprint density at radius 2 is 1.56 bits per heavy atom. The van der Waals surface area contributed by atoms with Crippen LogP contribution < -0.4 is 4.74 Å². The fraction of sp³-hybridized carbons (Fsp3) is 0.571. The van der Waals surface area contributed by atoms with Gasteiger partial charge < -0.3 is 4.74 Å². The van der Waals surface area contributed by atoms with E-state index in [1.807, 2.05) is 0 Å². The number of hydrogen-bond acceptors (Lipinski definition) is 1. The average molecular weight is 260 g/mol. The van der Waals surface area contributed by atoms with Gasteiger partial charge in [-0.25, -0.2) is 0 Å². The third-order valence-electron chi connectivity index (χ3n) is 2.70. The zero-order valence-electron chi connectivity index (χ0n) is 10.6. The molecule has 0 aliphatic heterocycles. The van der Waals surface area contributed by atoms with E-state index in [1.54, 1.807) is 0 Å². The first-order valence-corrected chi connectivity index (χ1v) is 6.34. The van der Waals surface area contributed by atoms with Gasteiger partial charge in [0.25, 0.3) is 0 Å². The molecule has 102 valence electrons. The van der Waals surface area contributed by atoms with E-state index in [0.29, 0.717) is 12.4 Å². The molecule has 0 heterocycles. The molecular formula is C14H19F3O. The van der Waals surface area contributed by atoms with E-state index in [9.17, 15) is 13.2 Å². The van der Waals surface area contributed by atoms with Crippen LogP contribution in [-0.2, 0) is 6.18 Å². The topological polar surface area (TPSA) is 9.23 Å². The molecule has 0 aromatic heterocycles. The minimum atomic E-state index is -4.28. The summed E-state index contributed by atoms with van der Waals surface area (Å²) in [5.74, 6) is 0.499. The van der Waals surface area contributed by atoms with Gasteiger partial charge in [-0.2, -0.15) is 13.2 Å². The van der Waals surface area contributed by atoms with E-state index in [4.69, 9.17) is 4.74 Å². The first-order valence-electron chi connectivity index (χ1n) is 6.34. The minimum Gasteiger partial charge on any atom is -0.494 e. The number of unbranched alkanes of at least 4 members (excludes halogenated alkanes) is 4. The zero-order chi connectivity index (χ0) is 13.4. The third-order valence-corrected chi connectivity index (χ3v) is 2.70. The Morgan fingerprint density at radius 1 is 0.944 bits per heavy atom. The molecule has 0 bridgehead atoms. The summed E-state index contributed by atoms with van der Waals surface area (Å²) in [6.07, 6.45) is 1.38. The highest BCUT2D eigenvalue weighted by molar-refractivity contribution is 5.28. The maximum atomic E-state index is 12.3. The molecule has 0 fully saturated rings. The largest absolute Gasteiger partial charge is 0.494 e. The second-order valence-electron chi connectivity index (χ2n) is 4.28. The summed E-state index contributed by atoms with van der Waals surface area (Å²) in [5, 5.41) is 0. The minimum absolute atomic E-state index is 0.499. The quantitative estimate of drug-likeness (QED) is 0.623. The standard InChI is InChI=1S/C14H19F3O/c1-2-3-4-5-6-11-18-13-9-7-12(8-10-13)14(15,16)17/h7-10H,2-6,11H2,1H3. The molecule has 0 spiro atoms. The van der Waals surface area contributed by atoms with Crippen LogP contribution in [0.2, 0.25) is 0 Å². The second-order valence-corrected chi connectivity index (χ2v) is 4.28. The van der Waals surface area contributed by atoms with Crippen molar-refractivity contribution in [1.82, 2.24) is 0 Å². The Hall–Kier alpha value is -1.19. The summed E-state index contributed by atoms with van der Waals surface area (Å²) in [6.45, 7) is 2.72. The number of halogens is 3. The van der Waals surface area contributed by atoms with Crippen LogP contribution >= 0.6 is 0 Å². The highest BCUT2D eigenvalue weighted by Gasteiger charge is 2.29. The number of hydrogen-bond donors (Lipinski definition) is 0. The van der Waals surface area contributed by atoms with Gasteiger partial charge in [-0.15, -0.1) is 0 Å². The molecular weight excluding hydrogens is 241 g/mol. The van der Waals surface area contributed by atoms with Crippen molar-refractivity contribution in [2.75, 3.05) is 6.61 Å². The van der Waals surface area contributed by atoms with E-state index in [2.05, 4.69) is 6.92 Å². The lowest BCUT2D eigenvalue weighted by atomic mass is 10.2. The fourth-order valence-electron chi connectivity index (χ4n) is 1.64. The highest BCUT2D eigenvalue weighted by Crippen LogP contribution is 2.30. The summed E-state index contributed by atoms with van der Waals surface area (Å²) in [5.41, 5.74) is -0.641. The second kappa shape index (κ2) is 7.29. The molecule has 0 atom stereocenters. The molecule has 0 saturated heterocycles. The monoisotopic (exact) mass is 260 g/mol. The van der Waals surface area contributed by atoms with E-state index < -0.39 is 11.7 Å². The Morgan fingerprint density at radius 3 is 2.11 bits per heavy atom. The molecule has 1 aromatic carbocycles. The summed E-state index contributed by atoms with van der Waals surface area (Å²) < 4.78 is 42.3. The molecule has 1 aromatic rings. The molecule has 0 radical (unpaired) electrons. The molecule has 4 heteroatoms. The maximum absolute atomic E-state index is 12.3. The summed E-state index contributed by atoms with van der Waals surface area (Å²) in [6, 6.07) is 4.84. The zero-order valence-corrected chi connectivity index (χ0v) is 10.6. The van der Waals surface area contributed by atoms with Crippen molar-refractivity contribution >= 4 is 0 Å². The molecule has 0 N–H and O–H groups in total. The lowest BCUT2D eigenvalue weighted by molar-refractivity contribution is -0.137. The molecule has 18 heavy (non-hydrogen) atoms. The molecule has 0 aliphatic carbocycles. The summed E-state index contributed by atoms with van der Waals surface area (Å²) in [4.78, 5) is 0. The van der Waals surface area contributed by atoms with Gasteiger partial charge >= 0.3 is 6.18 Å². The van der Waals surface area contributed by atoms with E-state index in [0.717, 1.165) is 25.0 Å². The lowest BCUT2D eigenvalue weighted by Crippen LogP contribution is -2.04. The van der Waals surface area contributed by atoms with Gasteiger partial charge in [-0.3, -0.25) is 0 Å². The van der Waals surface area contributed by atoms with Crippen LogP contribution in [0.15, 0.2) is 24.3 Å². The predicted octanol–water partition coefficient (Wildman–Crippen LogP) is 5.05. The predicted molar refractivity (Wildman–Crippen MR) is 65.7 cm³/mol. The summed E-state index contributed by atoms with van der Waals surface area (Å²) in [7, 11) is 0. The highest BCUT2D eigenvalue weighted by atomic mass is 19.4. The van der Waals surface area contributed by atoms with Crippen molar-refractivity contribution in [3.8, 4) is 5.75 Å². The number of alkyl halides is 3. The number of benzene rings is 1. The van der Waals surface area contributed by atoms with Gasteiger partial charge in [0.1, 0.15) is 5.75 Å². The van der Waals surface area contributed by atoms with Gasteiger partial charge in [0.05, 0.1) is 12.2 Å². The Labute approximate surface area is 106 Å². The SMILES string of the molecule is CCCCCCCOc1ccc(C(F)(F)F)cc1. The van der Waals surface area contributed by atoms with E-state index in [-0.39, 0.29) is 0 Å². The van der Waals surface area contributed by atoms with Crippen molar-refractivity contribution in [2.45, 2.75) is 45.2 Å². The van der Waals surface area contributed by atoms with E-state index >= 15 is 0 Å². The van der Waals surface area contributed by atoms with Crippen molar-refractivity contribution in [1.29, 1.82) is 0 Å². The number of ether oxygens (including phenoxy) is 1. The van der Waals surface area contributed by atoms with Crippen molar-refractivity contribution < 1.29 is 17.9 Å². The van der Waals surface area contributed by atoms with Crippen LogP contribution in [0.25, 0.3) is 0 Å². The molecule has 0 unspecified atom stereocenters. The van der Waals surface area contributed by atoms with Crippen molar-refractivity contribution in [3.63, 3.8) is 0 Å². The van der Waals surface area contributed by atoms with Crippen LogP contribution in [-0.4, -0.2) is 6.61 Å². The van der Waals surface area contributed by atoms with Crippen molar-refractivity contribution in [2.24, 2.45) is 0 Å². The van der Waals surface area contributed by atoms with Gasteiger partial charge in [0.2, 0.25) is 0 Å². The van der Waals surface area contributed by atoms with Crippen molar-refractivity contribution in [3.05, 3.63) is 29.8 Å². The fourth-order valence-corrected chi connectivity index (χ4v) is 1.64. The molecule has 1 rings (SSSR count). The first-order chi connectivity index (χ1) is 8.54. The molecule has 0 aliphatic rings. The van der Waals surface area contributed by atoms with Crippen LogP contribution in [0.3, 0.4) is 0 Å². The van der Waals surface area contributed by atoms with E-state index in [1.165, 1.54) is 31.4 Å². The number of rotatable bonds is 7. The van der Waals surface area contributed by atoms with Gasteiger partial charge in [-0.05, 0) is 30.7 Å². The Bertz CT molecular complexity index is 330. The maximum Gasteiger partial charge on any atom is 0.416 e. The Balaban J connectivity index is 2.27. The van der Waals surface area contributed by atoms with Gasteiger partial charge in [-0.1, -0.05) is 32.6 Å². The summed E-state index contributed by atoms with van der Waals surface area (Å²) >= 11 is 0. The molecule has 1 nitrogen and oxygen atoms in total. The molecule has 0 amide bonds.